The van der Waals surface area contributed by atoms with Crippen LogP contribution in [0, 0.1) is 12.3 Å². The number of aryl methyl sites for hydroxylation is 1. The van der Waals surface area contributed by atoms with Gasteiger partial charge in [-0.1, -0.05) is 6.92 Å². The largest absolute Gasteiger partial charge is 0.438 e. The number of carbonyl (C=O) groups excluding carboxylic acids is 1. The topological polar surface area (TPSA) is 67.2 Å². The summed E-state index contributed by atoms with van der Waals surface area (Å²) >= 11 is 0. The Morgan fingerprint density at radius 1 is 1.58 bits per heavy atom. The fraction of sp³-hybridized carbons (Fsp3) is 0.667. The zero-order valence-electron chi connectivity index (χ0n) is 11.2. The van der Waals surface area contributed by atoms with Gasteiger partial charge in [0.05, 0.1) is 5.69 Å². The van der Waals surface area contributed by atoms with Crippen molar-refractivity contribution in [2.45, 2.75) is 26.7 Å². The molecule has 1 saturated heterocycles. The number of nitrogens with one attached hydrogen (secondary N) is 2. The van der Waals surface area contributed by atoms with E-state index in [4.69, 9.17) is 4.42 Å². The molecule has 0 aliphatic carbocycles. The molecule has 7 heteroatoms. The number of nitrogens with zero attached hydrogens (tertiary/aromatic N) is 1. The third-order valence-corrected chi connectivity index (χ3v) is 3.31. The molecule has 19 heavy (non-hydrogen) atoms. The zero-order valence-corrected chi connectivity index (χ0v) is 12.8. The molecule has 1 aromatic rings. The summed E-state index contributed by atoms with van der Waals surface area (Å²) in [4.78, 5) is 15.8. The van der Waals surface area contributed by atoms with Crippen molar-refractivity contribution in [2.75, 3.05) is 19.6 Å². The first-order chi connectivity index (χ1) is 8.11. The molecule has 1 aromatic heterocycles. The summed E-state index contributed by atoms with van der Waals surface area (Å²) in [7, 11) is 0. The first kappa shape index (κ1) is 18.2. The van der Waals surface area contributed by atoms with Gasteiger partial charge in [0.1, 0.15) is 0 Å². The van der Waals surface area contributed by atoms with E-state index in [2.05, 4.69) is 22.5 Å². The lowest BCUT2D eigenvalue weighted by Crippen LogP contribution is -2.45. The van der Waals surface area contributed by atoms with Crippen molar-refractivity contribution in [1.29, 1.82) is 0 Å². The number of carbonyl (C=O) groups is 1. The van der Waals surface area contributed by atoms with Crippen LogP contribution in [-0.2, 0) is 0 Å². The Morgan fingerprint density at radius 3 is 2.84 bits per heavy atom. The van der Waals surface area contributed by atoms with Crippen molar-refractivity contribution < 1.29 is 9.21 Å². The standard InChI is InChI=1S/C12H19N3O2.2ClH/c1-9-10(17-8-15-9)11(16)14-7-12(2)4-3-5-13-6-12;;/h8,13H,3-7H2,1-2H3,(H,14,16);2*1H. The minimum atomic E-state index is -0.174. The molecule has 2 N–H and O–H groups in total. The van der Waals surface area contributed by atoms with Crippen molar-refractivity contribution in [1.82, 2.24) is 15.6 Å². The Morgan fingerprint density at radius 2 is 2.32 bits per heavy atom. The first-order valence-electron chi connectivity index (χ1n) is 6.00. The quantitative estimate of drug-likeness (QED) is 0.895. The van der Waals surface area contributed by atoms with Crippen molar-refractivity contribution >= 4 is 30.7 Å². The first-order valence-corrected chi connectivity index (χ1v) is 6.00. The van der Waals surface area contributed by atoms with Crippen molar-refractivity contribution in [3.63, 3.8) is 0 Å². The number of halogens is 2. The van der Waals surface area contributed by atoms with Gasteiger partial charge in [-0.15, -0.1) is 24.8 Å². The minimum absolute atomic E-state index is 0. The second kappa shape index (κ2) is 7.72. The molecule has 0 spiro atoms. The van der Waals surface area contributed by atoms with Gasteiger partial charge in [-0.3, -0.25) is 4.79 Å². The van der Waals surface area contributed by atoms with Gasteiger partial charge >= 0.3 is 0 Å². The van der Waals surface area contributed by atoms with Crippen LogP contribution < -0.4 is 10.6 Å². The van der Waals surface area contributed by atoms with Gasteiger partial charge in [0.15, 0.2) is 6.39 Å². The molecule has 1 atom stereocenters. The number of aromatic nitrogens is 1. The van der Waals surface area contributed by atoms with Crippen LogP contribution in [-0.4, -0.2) is 30.5 Å². The van der Waals surface area contributed by atoms with E-state index in [-0.39, 0.29) is 36.1 Å². The van der Waals surface area contributed by atoms with Crippen LogP contribution in [0.5, 0.6) is 0 Å². The monoisotopic (exact) mass is 309 g/mol. The average Bonchev–Trinajstić information content (AvgIpc) is 2.74. The van der Waals surface area contributed by atoms with E-state index >= 15 is 0 Å². The summed E-state index contributed by atoms with van der Waals surface area (Å²) in [6.45, 7) is 6.64. The van der Waals surface area contributed by atoms with E-state index in [1.54, 1.807) is 6.92 Å². The summed E-state index contributed by atoms with van der Waals surface area (Å²) in [5.41, 5.74) is 0.774. The Bertz CT molecular complexity index is 403. The molecule has 0 saturated carbocycles. The van der Waals surface area contributed by atoms with Crippen LogP contribution in [0.15, 0.2) is 10.8 Å². The Labute approximate surface area is 125 Å². The molecule has 1 amide bonds. The highest BCUT2D eigenvalue weighted by molar-refractivity contribution is 5.92. The van der Waals surface area contributed by atoms with Crippen LogP contribution in [0.3, 0.4) is 0 Å². The molecule has 1 aliphatic rings. The van der Waals surface area contributed by atoms with Crippen molar-refractivity contribution in [3.05, 3.63) is 17.8 Å². The van der Waals surface area contributed by atoms with E-state index in [9.17, 15) is 4.79 Å². The van der Waals surface area contributed by atoms with E-state index in [0.717, 1.165) is 25.9 Å². The molecule has 110 valence electrons. The van der Waals surface area contributed by atoms with E-state index < -0.39 is 0 Å². The fourth-order valence-electron chi connectivity index (χ4n) is 2.16. The minimum Gasteiger partial charge on any atom is -0.438 e. The summed E-state index contributed by atoms with van der Waals surface area (Å²) in [5.74, 6) is 0.143. The van der Waals surface area contributed by atoms with E-state index in [0.29, 0.717) is 18.0 Å². The highest BCUT2D eigenvalue weighted by atomic mass is 35.5. The van der Waals surface area contributed by atoms with Gasteiger partial charge in [0.25, 0.3) is 5.91 Å². The fourth-order valence-corrected chi connectivity index (χ4v) is 2.16. The summed E-state index contributed by atoms with van der Waals surface area (Å²) < 4.78 is 5.06. The van der Waals surface area contributed by atoms with E-state index in [1.807, 2.05) is 0 Å². The normalized spacial score (nSPS) is 22.0. The number of piperidine rings is 1. The van der Waals surface area contributed by atoms with Crippen LogP contribution >= 0.6 is 24.8 Å². The third-order valence-electron chi connectivity index (χ3n) is 3.31. The van der Waals surface area contributed by atoms with Crippen LogP contribution in [0.1, 0.15) is 36.0 Å². The highest BCUT2D eigenvalue weighted by Gasteiger charge is 2.27. The summed E-state index contributed by atoms with van der Waals surface area (Å²) in [6, 6.07) is 0. The highest BCUT2D eigenvalue weighted by Crippen LogP contribution is 2.24. The molecule has 5 nitrogen and oxygen atoms in total. The molecular weight excluding hydrogens is 289 g/mol. The predicted molar refractivity (Wildman–Crippen MR) is 78.3 cm³/mol. The molecule has 2 rings (SSSR count). The molecule has 2 heterocycles. The zero-order chi connectivity index (χ0) is 12.3. The van der Waals surface area contributed by atoms with Crippen LogP contribution in [0.2, 0.25) is 0 Å². The van der Waals surface area contributed by atoms with Crippen molar-refractivity contribution in [3.8, 4) is 0 Å². The molecule has 0 bridgehead atoms. The average molecular weight is 310 g/mol. The Balaban J connectivity index is 0.00000162. The summed E-state index contributed by atoms with van der Waals surface area (Å²) in [6.07, 6.45) is 3.59. The Kier molecular flexibility index (Phi) is 7.41. The number of rotatable bonds is 3. The smallest absolute Gasteiger partial charge is 0.289 e. The molecule has 1 aliphatic heterocycles. The van der Waals surface area contributed by atoms with Crippen LogP contribution in [0.25, 0.3) is 0 Å². The second-order valence-corrected chi connectivity index (χ2v) is 5.04. The lowest BCUT2D eigenvalue weighted by atomic mass is 9.83. The van der Waals surface area contributed by atoms with E-state index in [1.165, 1.54) is 6.39 Å². The summed E-state index contributed by atoms with van der Waals surface area (Å²) in [5, 5.41) is 6.28. The maximum Gasteiger partial charge on any atom is 0.289 e. The van der Waals surface area contributed by atoms with Gasteiger partial charge in [0.2, 0.25) is 5.76 Å². The number of oxazole rings is 1. The Hall–Kier alpha value is -0.780. The van der Waals surface area contributed by atoms with Gasteiger partial charge in [-0.25, -0.2) is 4.98 Å². The molecule has 1 unspecified atom stereocenters. The number of amides is 1. The van der Waals surface area contributed by atoms with Gasteiger partial charge in [-0.05, 0) is 31.7 Å². The second-order valence-electron chi connectivity index (χ2n) is 5.04. The maximum atomic E-state index is 11.8. The SMILES string of the molecule is Cc1ncoc1C(=O)NCC1(C)CCCNC1.Cl.Cl. The van der Waals surface area contributed by atoms with Crippen molar-refractivity contribution in [2.24, 2.45) is 5.41 Å². The number of hydrogen-bond acceptors (Lipinski definition) is 4. The lowest BCUT2D eigenvalue weighted by Gasteiger charge is -2.34. The molecule has 0 radical (unpaired) electrons. The third kappa shape index (κ3) is 4.67. The molecular formula is C12H21Cl2N3O2. The number of hydrogen-bond donors (Lipinski definition) is 2. The predicted octanol–water partition coefficient (Wildman–Crippen LogP) is 1.95. The lowest BCUT2D eigenvalue weighted by molar-refractivity contribution is 0.0896. The molecule has 1 fully saturated rings. The van der Waals surface area contributed by atoms with Gasteiger partial charge in [0, 0.05) is 13.1 Å². The van der Waals surface area contributed by atoms with Gasteiger partial charge < -0.3 is 15.1 Å². The van der Waals surface area contributed by atoms with Crippen LogP contribution in [0.4, 0.5) is 0 Å². The maximum absolute atomic E-state index is 11.8. The molecule has 0 aromatic carbocycles. The van der Waals surface area contributed by atoms with Gasteiger partial charge in [-0.2, -0.15) is 0 Å².